The molecule has 0 saturated carbocycles. The van der Waals surface area contributed by atoms with Gasteiger partial charge in [0.05, 0.1) is 23.7 Å². The molecule has 0 unspecified atom stereocenters. The lowest BCUT2D eigenvalue weighted by Gasteiger charge is -2.12. The molecule has 2 heterocycles. The fraction of sp³-hybridized carbons (Fsp3) is 0.312. The second-order valence-electron chi connectivity index (χ2n) is 5.09. The van der Waals surface area contributed by atoms with Crippen LogP contribution in [0.3, 0.4) is 0 Å². The number of rotatable bonds is 4. The molecule has 1 amide bonds. The van der Waals surface area contributed by atoms with Crippen molar-refractivity contribution in [3.05, 3.63) is 40.8 Å². The Labute approximate surface area is 145 Å². The Morgan fingerprint density at radius 3 is 2.96 bits per heavy atom. The molecule has 0 aliphatic carbocycles. The smallest absolute Gasteiger partial charge is 0.317 e. The molecule has 132 valence electrons. The van der Waals surface area contributed by atoms with Crippen LogP contribution in [0.1, 0.15) is 6.42 Å². The molecule has 0 spiro atoms. The van der Waals surface area contributed by atoms with Gasteiger partial charge in [0.15, 0.2) is 4.80 Å². The van der Waals surface area contributed by atoms with Gasteiger partial charge in [-0.25, -0.2) is 4.39 Å². The molecule has 0 radical (unpaired) electrons. The minimum absolute atomic E-state index is 0.00871. The number of esters is 1. The summed E-state index contributed by atoms with van der Waals surface area (Å²) < 4.78 is 30.7. The molecule has 0 atom stereocenters. The first-order valence-electron chi connectivity index (χ1n) is 7.48. The van der Waals surface area contributed by atoms with E-state index in [1.54, 1.807) is 10.6 Å². The molecule has 25 heavy (non-hydrogen) atoms. The van der Waals surface area contributed by atoms with Crippen LogP contribution in [0.5, 0.6) is 0 Å². The monoisotopic (exact) mass is 366 g/mol. The predicted molar refractivity (Wildman–Crippen MR) is 87.0 cm³/mol. The van der Waals surface area contributed by atoms with Crippen molar-refractivity contribution in [2.45, 2.75) is 13.0 Å². The molecule has 7 nitrogen and oxygen atoms in total. The number of aromatic nitrogens is 1. The summed E-state index contributed by atoms with van der Waals surface area (Å²) in [5.74, 6) is -1.37. The van der Waals surface area contributed by atoms with Crippen LogP contribution in [0, 0.1) is 5.82 Å². The van der Waals surface area contributed by atoms with E-state index in [1.807, 2.05) is 0 Å². The van der Waals surface area contributed by atoms with Gasteiger partial charge in [-0.2, -0.15) is 4.99 Å². The van der Waals surface area contributed by atoms with Gasteiger partial charge in [0.25, 0.3) is 0 Å². The van der Waals surface area contributed by atoms with Crippen LogP contribution in [0.2, 0.25) is 0 Å². The molecule has 0 fully saturated rings. The minimum atomic E-state index is -0.599. The number of halogens is 1. The van der Waals surface area contributed by atoms with Gasteiger partial charge in [-0.15, -0.1) is 0 Å². The highest BCUT2D eigenvalue weighted by atomic mass is 32.1. The van der Waals surface area contributed by atoms with Crippen molar-refractivity contribution >= 4 is 33.4 Å². The van der Waals surface area contributed by atoms with Crippen molar-refractivity contribution in [1.29, 1.82) is 0 Å². The molecule has 1 aliphatic rings. The van der Waals surface area contributed by atoms with Crippen LogP contribution in [0.25, 0.3) is 10.2 Å². The highest BCUT2D eigenvalue weighted by Crippen LogP contribution is 2.19. The molecular formula is C16H15FN2O5S. The van der Waals surface area contributed by atoms with Crippen LogP contribution in [0.15, 0.2) is 35.2 Å². The Morgan fingerprint density at radius 1 is 1.40 bits per heavy atom. The summed E-state index contributed by atoms with van der Waals surface area (Å²) in [6.45, 7) is 0.895. The Hall–Kier alpha value is -2.68. The van der Waals surface area contributed by atoms with Crippen molar-refractivity contribution in [3.63, 3.8) is 0 Å². The quantitative estimate of drug-likeness (QED) is 0.770. The molecule has 1 aliphatic heterocycles. The number of nitrogens with zero attached hydrogens (tertiary/aromatic N) is 2. The van der Waals surface area contributed by atoms with Gasteiger partial charge in [-0.3, -0.25) is 9.59 Å². The van der Waals surface area contributed by atoms with Gasteiger partial charge >= 0.3 is 11.9 Å². The Bertz CT molecular complexity index is 915. The average molecular weight is 366 g/mol. The fourth-order valence-corrected chi connectivity index (χ4v) is 3.36. The van der Waals surface area contributed by atoms with Gasteiger partial charge < -0.3 is 18.8 Å². The molecule has 0 saturated heterocycles. The van der Waals surface area contributed by atoms with Gasteiger partial charge in [0, 0.05) is 6.54 Å². The highest BCUT2D eigenvalue weighted by Gasteiger charge is 2.16. The van der Waals surface area contributed by atoms with Gasteiger partial charge in [-0.1, -0.05) is 11.3 Å². The maximum absolute atomic E-state index is 13.5. The van der Waals surface area contributed by atoms with E-state index in [0.29, 0.717) is 21.6 Å². The van der Waals surface area contributed by atoms with E-state index in [1.165, 1.54) is 25.5 Å². The van der Waals surface area contributed by atoms with Crippen LogP contribution in [-0.2, 0) is 30.3 Å². The van der Waals surface area contributed by atoms with Crippen LogP contribution in [-0.4, -0.2) is 36.8 Å². The molecule has 3 rings (SSSR count). The third kappa shape index (κ3) is 3.87. The largest absolute Gasteiger partial charge is 0.494 e. The summed E-state index contributed by atoms with van der Waals surface area (Å²) in [5.41, 5.74) is 0.677. The lowest BCUT2D eigenvalue weighted by molar-refractivity contribution is -0.140. The molecule has 2 aromatic rings. The number of methoxy groups -OCH3 is 1. The SMILES string of the molecule is COC(=O)CCn1c(=NC(=O)C2=COCCO2)sc2cc(F)ccc21. The number of carbonyl (C=O) groups excluding carboxylic acids is 2. The van der Waals surface area contributed by atoms with E-state index < -0.39 is 17.7 Å². The van der Waals surface area contributed by atoms with Crippen molar-refractivity contribution in [1.82, 2.24) is 4.57 Å². The van der Waals surface area contributed by atoms with Crippen LogP contribution < -0.4 is 4.80 Å². The number of aryl methyl sites for hydroxylation is 1. The number of hydrogen-bond donors (Lipinski definition) is 0. The lowest BCUT2D eigenvalue weighted by atomic mass is 10.3. The van der Waals surface area contributed by atoms with Crippen molar-refractivity contribution in [2.75, 3.05) is 20.3 Å². The zero-order chi connectivity index (χ0) is 17.8. The third-order valence-electron chi connectivity index (χ3n) is 3.47. The first-order chi connectivity index (χ1) is 12.1. The van der Waals surface area contributed by atoms with Gasteiger partial charge in [0.2, 0.25) is 5.76 Å². The standard InChI is InChI=1S/C16H15FN2O5S/c1-22-14(20)4-5-19-11-3-2-10(17)8-13(11)25-16(19)18-15(21)12-9-23-6-7-24-12/h2-3,8-9H,4-7H2,1H3. The molecule has 0 N–H and O–H groups in total. The summed E-state index contributed by atoms with van der Waals surface area (Å²) >= 11 is 1.15. The molecule has 9 heteroatoms. The molecule has 1 aromatic carbocycles. The van der Waals surface area contributed by atoms with E-state index >= 15 is 0 Å². The maximum atomic E-state index is 13.5. The lowest BCUT2D eigenvalue weighted by Crippen LogP contribution is -2.21. The van der Waals surface area contributed by atoms with Gasteiger partial charge in [0.1, 0.15) is 25.3 Å². The number of carbonyl (C=O) groups is 2. The Kier molecular flexibility index (Phi) is 5.13. The molecule has 0 bridgehead atoms. The molecule has 1 aromatic heterocycles. The van der Waals surface area contributed by atoms with Crippen LogP contribution in [0.4, 0.5) is 4.39 Å². The minimum Gasteiger partial charge on any atom is -0.494 e. The predicted octanol–water partition coefficient (Wildman–Crippen LogP) is 1.72. The summed E-state index contributed by atoms with van der Waals surface area (Å²) in [4.78, 5) is 28.1. The second kappa shape index (κ2) is 7.47. The first-order valence-corrected chi connectivity index (χ1v) is 8.29. The zero-order valence-electron chi connectivity index (χ0n) is 13.4. The Morgan fingerprint density at radius 2 is 2.24 bits per heavy atom. The second-order valence-corrected chi connectivity index (χ2v) is 6.10. The number of thiazole rings is 1. The summed E-state index contributed by atoms with van der Waals surface area (Å²) in [6, 6.07) is 4.26. The topological polar surface area (TPSA) is 79.1 Å². The molecular weight excluding hydrogens is 351 g/mol. The normalized spacial score (nSPS) is 14.6. The van der Waals surface area contributed by atoms with Crippen molar-refractivity contribution in [3.8, 4) is 0 Å². The Balaban J connectivity index is 2.02. The summed E-state index contributed by atoms with van der Waals surface area (Å²) in [7, 11) is 1.30. The van der Waals surface area contributed by atoms with E-state index in [9.17, 15) is 14.0 Å². The van der Waals surface area contributed by atoms with Crippen molar-refractivity contribution in [2.24, 2.45) is 4.99 Å². The summed E-state index contributed by atoms with van der Waals surface area (Å²) in [6.07, 6.45) is 1.32. The average Bonchev–Trinajstić information content (AvgIpc) is 2.96. The number of benzene rings is 1. The van der Waals surface area contributed by atoms with E-state index in [-0.39, 0.29) is 25.3 Å². The van der Waals surface area contributed by atoms with E-state index in [4.69, 9.17) is 9.47 Å². The number of fused-ring (bicyclic) bond motifs is 1. The fourth-order valence-electron chi connectivity index (χ4n) is 2.28. The highest BCUT2D eigenvalue weighted by molar-refractivity contribution is 7.16. The first kappa shape index (κ1) is 17.2. The number of ether oxygens (including phenoxy) is 3. The van der Waals surface area contributed by atoms with E-state index in [2.05, 4.69) is 9.73 Å². The van der Waals surface area contributed by atoms with Gasteiger partial charge in [-0.05, 0) is 18.2 Å². The zero-order valence-corrected chi connectivity index (χ0v) is 14.2. The van der Waals surface area contributed by atoms with Crippen molar-refractivity contribution < 1.29 is 28.2 Å². The third-order valence-corrected chi connectivity index (χ3v) is 4.51. The van der Waals surface area contributed by atoms with E-state index in [0.717, 1.165) is 11.3 Å². The van der Waals surface area contributed by atoms with Crippen LogP contribution >= 0.6 is 11.3 Å². The number of hydrogen-bond acceptors (Lipinski definition) is 6. The maximum Gasteiger partial charge on any atom is 0.317 e. The number of amides is 1. The summed E-state index contributed by atoms with van der Waals surface area (Å²) in [5, 5.41) is 0.